The molecule has 1 saturated heterocycles. The molecule has 0 spiro atoms. The van der Waals surface area contributed by atoms with Gasteiger partial charge in [-0.3, -0.25) is 4.79 Å². The Morgan fingerprint density at radius 1 is 1.11 bits per heavy atom. The van der Waals surface area contributed by atoms with E-state index in [0.29, 0.717) is 39.3 Å². The second kappa shape index (κ2) is 8.81. The van der Waals surface area contributed by atoms with Crippen LogP contribution in [0.15, 0.2) is 53.4 Å². The van der Waals surface area contributed by atoms with E-state index < -0.39 is 15.8 Å². The van der Waals surface area contributed by atoms with Gasteiger partial charge in [0.2, 0.25) is 10.0 Å². The SMILES string of the molecule is Cc1ccccc1CNC(=O)C[NH+]1CCN(S(=O)(=O)c2ccc(F)cc2)CC1. The van der Waals surface area contributed by atoms with Crippen molar-refractivity contribution in [2.45, 2.75) is 18.4 Å². The number of carbonyl (C=O) groups is 1. The van der Waals surface area contributed by atoms with Gasteiger partial charge in [-0.1, -0.05) is 24.3 Å². The minimum atomic E-state index is -3.63. The topological polar surface area (TPSA) is 70.9 Å². The minimum Gasteiger partial charge on any atom is -0.347 e. The second-order valence-corrected chi connectivity index (χ2v) is 8.93. The highest BCUT2D eigenvalue weighted by Crippen LogP contribution is 2.16. The van der Waals surface area contributed by atoms with Gasteiger partial charge in [0.05, 0.1) is 31.1 Å². The lowest BCUT2D eigenvalue weighted by molar-refractivity contribution is -0.895. The van der Waals surface area contributed by atoms with Gasteiger partial charge in [0.1, 0.15) is 5.82 Å². The average Bonchev–Trinajstić information content (AvgIpc) is 2.68. The molecule has 2 aromatic rings. The summed E-state index contributed by atoms with van der Waals surface area (Å²) in [5, 5.41) is 2.93. The van der Waals surface area contributed by atoms with Crippen molar-refractivity contribution < 1.29 is 22.5 Å². The van der Waals surface area contributed by atoms with Gasteiger partial charge < -0.3 is 10.2 Å². The van der Waals surface area contributed by atoms with E-state index in [-0.39, 0.29) is 10.8 Å². The van der Waals surface area contributed by atoms with E-state index in [1.807, 2.05) is 31.2 Å². The van der Waals surface area contributed by atoms with Gasteiger partial charge in [0.25, 0.3) is 5.91 Å². The Morgan fingerprint density at radius 2 is 1.75 bits per heavy atom. The summed E-state index contributed by atoms with van der Waals surface area (Å²) in [7, 11) is -3.63. The highest BCUT2D eigenvalue weighted by molar-refractivity contribution is 7.89. The Balaban J connectivity index is 1.49. The Morgan fingerprint density at radius 3 is 2.39 bits per heavy atom. The molecule has 1 heterocycles. The summed E-state index contributed by atoms with van der Waals surface area (Å²) < 4.78 is 39.7. The van der Waals surface area contributed by atoms with Gasteiger partial charge in [-0.05, 0) is 42.3 Å². The van der Waals surface area contributed by atoms with Crippen LogP contribution in [0.4, 0.5) is 4.39 Å². The van der Waals surface area contributed by atoms with E-state index in [1.165, 1.54) is 16.4 Å². The number of piperazine rings is 1. The fraction of sp³-hybridized carbons (Fsp3) is 0.350. The van der Waals surface area contributed by atoms with Crippen molar-refractivity contribution in [2.75, 3.05) is 32.7 Å². The van der Waals surface area contributed by atoms with E-state index in [2.05, 4.69) is 5.32 Å². The van der Waals surface area contributed by atoms with Crippen molar-refractivity contribution in [1.29, 1.82) is 0 Å². The maximum absolute atomic E-state index is 13.0. The number of hydrogen-bond acceptors (Lipinski definition) is 3. The van der Waals surface area contributed by atoms with E-state index >= 15 is 0 Å². The Labute approximate surface area is 165 Å². The molecule has 2 N–H and O–H groups in total. The number of rotatable bonds is 6. The zero-order valence-electron chi connectivity index (χ0n) is 15.8. The summed E-state index contributed by atoms with van der Waals surface area (Å²) >= 11 is 0. The summed E-state index contributed by atoms with van der Waals surface area (Å²) in [5.74, 6) is -0.516. The maximum Gasteiger partial charge on any atom is 0.275 e. The first-order valence-electron chi connectivity index (χ1n) is 9.27. The summed E-state index contributed by atoms with van der Waals surface area (Å²) in [4.78, 5) is 13.4. The lowest BCUT2D eigenvalue weighted by Crippen LogP contribution is -3.15. The predicted molar refractivity (Wildman–Crippen MR) is 104 cm³/mol. The van der Waals surface area contributed by atoms with Gasteiger partial charge >= 0.3 is 0 Å². The number of benzene rings is 2. The number of carbonyl (C=O) groups excluding carboxylic acids is 1. The predicted octanol–water partition coefficient (Wildman–Crippen LogP) is 0.340. The van der Waals surface area contributed by atoms with Gasteiger partial charge in [0.15, 0.2) is 6.54 Å². The van der Waals surface area contributed by atoms with Gasteiger partial charge in [-0.2, -0.15) is 4.31 Å². The summed E-state index contributed by atoms with van der Waals surface area (Å²) in [6, 6.07) is 12.8. The van der Waals surface area contributed by atoms with Crippen LogP contribution in [0, 0.1) is 12.7 Å². The number of halogens is 1. The number of sulfonamides is 1. The van der Waals surface area contributed by atoms with Crippen LogP contribution < -0.4 is 10.2 Å². The standard InChI is InChI=1S/C20H24FN3O3S/c1-16-4-2-3-5-17(16)14-22-20(25)15-23-10-12-24(13-11-23)28(26,27)19-8-6-18(21)7-9-19/h2-9H,10-15H2,1H3,(H,22,25)/p+1. The first-order valence-corrected chi connectivity index (χ1v) is 10.7. The van der Waals surface area contributed by atoms with Crippen LogP contribution in [0.3, 0.4) is 0 Å². The molecule has 0 aliphatic carbocycles. The molecule has 0 atom stereocenters. The van der Waals surface area contributed by atoms with Crippen molar-refractivity contribution in [2.24, 2.45) is 0 Å². The molecule has 0 unspecified atom stereocenters. The second-order valence-electron chi connectivity index (χ2n) is 6.99. The molecule has 28 heavy (non-hydrogen) atoms. The third-order valence-electron chi connectivity index (χ3n) is 5.03. The van der Waals surface area contributed by atoms with Gasteiger partial charge in [-0.15, -0.1) is 0 Å². The third kappa shape index (κ3) is 4.95. The molecular formula is C20H25FN3O3S+. The maximum atomic E-state index is 13.0. The van der Waals surface area contributed by atoms with E-state index in [0.717, 1.165) is 28.2 Å². The van der Waals surface area contributed by atoms with Crippen LogP contribution >= 0.6 is 0 Å². The third-order valence-corrected chi connectivity index (χ3v) is 6.94. The van der Waals surface area contributed by atoms with Crippen molar-refractivity contribution in [3.8, 4) is 0 Å². The Kier molecular flexibility index (Phi) is 6.43. The number of hydrogen-bond donors (Lipinski definition) is 2. The molecule has 1 fully saturated rings. The smallest absolute Gasteiger partial charge is 0.275 e. The van der Waals surface area contributed by atoms with Crippen LogP contribution in [-0.2, 0) is 21.4 Å². The average molecular weight is 407 g/mol. The molecular weight excluding hydrogens is 381 g/mol. The summed E-state index contributed by atoms with van der Waals surface area (Å²) in [6.07, 6.45) is 0. The van der Waals surface area contributed by atoms with Crippen LogP contribution in [0.25, 0.3) is 0 Å². The van der Waals surface area contributed by atoms with Crippen LogP contribution in [0.1, 0.15) is 11.1 Å². The fourth-order valence-electron chi connectivity index (χ4n) is 3.27. The number of amides is 1. The molecule has 0 aromatic heterocycles. The molecule has 0 radical (unpaired) electrons. The molecule has 8 heteroatoms. The lowest BCUT2D eigenvalue weighted by atomic mass is 10.1. The van der Waals surface area contributed by atoms with E-state index in [4.69, 9.17) is 0 Å². The molecule has 0 saturated carbocycles. The molecule has 2 aromatic carbocycles. The number of nitrogens with one attached hydrogen (secondary N) is 2. The molecule has 1 amide bonds. The number of quaternary nitrogens is 1. The fourth-order valence-corrected chi connectivity index (χ4v) is 4.71. The van der Waals surface area contributed by atoms with Crippen LogP contribution in [0.5, 0.6) is 0 Å². The molecule has 6 nitrogen and oxygen atoms in total. The lowest BCUT2D eigenvalue weighted by Gasteiger charge is -2.31. The molecule has 1 aliphatic heterocycles. The zero-order chi connectivity index (χ0) is 20.1. The Bertz CT molecular complexity index is 924. The first kappa shape index (κ1) is 20.4. The molecule has 1 aliphatic rings. The highest BCUT2D eigenvalue weighted by Gasteiger charge is 2.31. The normalized spacial score (nSPS) is 16.1. The van der Waals surface area contributed by atoms with Gasteiger partial charge in [0, 0.05) is 6.54 Å². The first-order chi connectivity index (χ1) is 13.4. The highest BCUT2D eigenvalue weighted by atomic mass is 32.2. The monoisotopic (exact) mass is 406 g/mol. The minimum absolute atomic E-state index is 0.0481. The Hall–Kier alpha value is -2.29. The zero-order valence-corrected chi connectivity index (χ0v) is 16.6. The van der Waals surface area contributed by atoms with Crippen molar-refractivity contribution in [3.05, 3.63) is 65.5 Å². The quantitative estimate of drug-likeness (QED) is 0.727. The summed E-state index contributed by atoms with van der Waals surface area (Å²) in [5.41, 5.74) is 2.22. The largest absolute Gasteiger partial charge is 0.347 e. The van der Waals surface area contributed by atoms with E-state index in [9.17, 15) is 17.6 Å². The van der Waals surface area contributed by atoms with Crippen LogP contribution in [0.2, 0.25) is 0 Å². The van der Waals surface area contributed by atoms with Crippen molar-refractivity contribution >= 4 is 15.9 Å². The van der Waals surface area contributed by atoms with Crippen molar-refractivity contribution in [1.82, 2.24) is 9.62 Å². The van der Waals surface area contributed by atoms with Crippen LogP contribution in [-0.4, -0.2) is 51.4 Å². The van der Waals surface area contributed by atoms with E-state index in [1.54, 1.807) is 0 Å². The van der Waals surface area contributed by atoms with Gasteiger partial charge in [-0.25, -0.2) is 12.8 Å². The number of aryl methyl sites for hydroxylation is 1. The molecule has 0 bridgehead atoms. The molecule has 150 valence electrons. The van der Waals surface area contributed by atoms with Crippen molar-refractivity contribution in [3.63, 3.8) is 0 Å². The number of nitrogens with zero attached hydrogens (tertiary/aromatic N) is 1. The summed E-state index contributed by atoms with van der Waals surface area (Å²) in [6.45, 7) is 4.59. The molecule has 3 rings (SSSR count).